The SMILES string of the molecule is CC(=O)OCc1cnc(C)[nH]c1=O. The molecule has 0 amide bonds. The highest BCUT2D eigenvalue weighted by Gasteiger charge is 2.01. The monoisotopic (exact) mass is 182 g/mol. The summed E-state index contributed by atoms with van der Waals surface area (Å²) in [5.41, 5.74) is 0.0783. The van der Waals surface area contributed by atoms with Crippen LogP contribution in [0.5, 0.6) is 0 Å². The van der Waals surface area contributed by atoms with Crippen molar-refractivity contribution in [2.75, 3.05) is 0 Å². The van der Waals surface area contributed by atoms with E-state index in [-0.39, 0.29) is 12.2 Å². The van der Waals surface area contributed by atoms with E-state index >= 15 is 0 Å². The predicted molar refractivity (Wildman–Crippen MR) is 45.1 cm³/mol. The molecule has 0 aromatic carbocycles. The van der Waals surface area contributed by atoms with Gasteiger partial charge in [-0.1, -0.05) is 0 Å². The standard InChI is InChI=1S/C8H10N2O3/c1-5-9-3-7(8(12)10-5)4-13-6(2)11/h3H,4H2,1-2H3,(H,9,10,12). The minimum atomic E-state index is -0.417. The molecular weight excluding hydrogens is 172 g/mol. The van der Waals surface area contributed by atoms with Crippen molar-refractivity contribution in [3.63, 3.8) is 0 Å². The molecule has 5 heteroatoms. The second-order valence-corrected chi connectivity index (χ2v) is 2.60. The van der Waals surface area contributed by atoms with Crippen LogP contribution in [-0.4, -0.2) is 15.9 Å². The van der Waals surface area contributed by atoms with Crippen LogP contribution in [0.25, 0.3) is 0 Å². The molecule has 1 N–H and O–H groups in total. The average Bonchev–Trinajstić information content (AvgIpc) is 2.02. The molecule has 0 aliphatic rings. The molecular formula is C8H10N2O3. The van der Waals surface area contributed by atoms with Crippen molar-refractivity contribution >= 4 is 5.97 Å². The van der Waals surface area contributed by atoms with Gasteiger partial charge in [-0.3, -0.25) is 9.59 Å². The summed E-state index contributed by atoms with van der Waals surface area (Å²) in [7, 11) is 0. The number of carbonyl (C=O) groups is 1. The van der Waals surface area contributed by atoms with Gasteiger partial charge in [-0.15, -0.1) is 0 Å². The van der Waals surface area contributed by atoms with Crippen molar-refractivity contribution in [2.24, 2.45) is 0 Å². The van der Waals surface area contributed by atoms with Gasteiger partial charge in [0.05, 0.1) is 5.56 Å². The molecule has 0 fully saturated rings. The number of hydrogen-bond acceptors (Lipinski definition) is 4. The van der Waals surface area contributed by atoms with E-state index in [0.717, 1.165) is 0 Å². The molecule has 0 unspecified atom stereocenters. The first-order chi connectivity index (χ1) is 6.09. The first kappa shape index (κ1) is 9.44. The second kappa shape index (κ2) is 3.84. The largest absolute Gasteiger partial charge is 0.461 e. The Balaban J connectivity index is 2.78. The summed E-state index contributed by atoms with van der Waals surface area (Å²) in [5, 5.41) is 0. The van der Waals surface area contributed by atoms with E-state index in [4.69, 9.17) is 0 Å². The lowest BCUT2D eigenvalue weighted by molar-refractivity contribution is -0.142. The van der Waals surface area contributed by atoms with Gasteiger partial charge < -0.3 is 9.72 Å². The maximum absolute atomic E-state index is 11.2. The molecule has 0 aliphatic carbocycles. The van der Waals surface area contributed by atoms with Gasteiger partial charge in [-0.25, -0.2) is 4.98 Å². The molecule has 70 valence electrons. The number of hydrogen-bond donors (Lipinski definition) is 1. The first-order valence-corrected chi connectivity index (χ1v) is 3.78. The minimum Gasteiger partial charge on any atom is -0.461 e. The highest BCUT2D eigenvalue weighted by atomic mass is 16.5. The van der Waals surface area contributed by atoms with Crippen LogP contribution >= 0.6 is 0 Å². The van der Waals surface area contributed by atoms with E-state index in [0.29, 0.717) is 11.4 Å². The number of rotatable bonds is 2. The Kier molecular flexibility index (Phi) is 2.79. The number of esters is 1. The Bertz CT molecular complexity index is 370. The number of nitrogens with zero attached hydrogens (tertiary/aromatic N) is 1. The third-order valence-corrected chi connectivity index (χ3v) is 1.43. The lowest BCUT2D eigenvalue weighted by atomic mass is 10.3. The van der Waals surface area contributed by atoms with Crippen LogP contribution in [0.3, 0.4) is 0 Å². The number of aromatic amines is 1. The van der Waals surface area contributed by atoms with Crippen LogP contribution in [0.2, 0.25) is 0 Å². The number of aromatic nitrogens is 2. The molecule has 5 nitrogen and oxygen atoms in total. The number of aryl methyl sites for hydroxylation is 1. The Morgan fingerprint density at radius 2 is 2.38 bits per heavy atom. The Morgan fingerprint density at radius 3 is 2.92 bits per heavy atom. The number of nitrogens with one attached hydrogen (secondary N) is 1. The summed E-state index contributed by atoms with van der Waals surface area (Å²) in [5.74, 6) is 0.122. The minimum absolute atomic E-state index is 0.0298. The number of carbonyl (C=O) groups excluding carboxylic acids is 1. The fourth-order valence-electron chi connectivity index (χ4n) is 0.792. The molecule has 13 heavy (non-hydrogen) atoms. The van der Waals surface area contributed by atoms with Crippen LogP contribution in [0.1, 0.15) is 18.3 Å². The van der Waals surface area contributed by atoms with Gasteiger partial charge >= 0.3 is 5.97 Å². The summed E-state index contributed by atoms with van der Waals surface area (Å²) in [6, 6.07) is 0. The quantitative estimate of drug-likeness (QED) is 0.660. The smallest absolute Gasteiger partial charge is 0.302 e. The number of H-pyrrole nitrogens is 1. The Labute approximate surface area is 74.8 Å². The second-order valence-electron chi connectivity index (χ2n) is 2.60. The summed E-state index contributed by atoms with van der Waals surface area (Å²) < 4.78 is 4.65. The summed E-state index contributed by atoms with van der Waals surface area (Å²) in [4.78, 5) is 28.0. The van der Waals surface area contributed by atoms with E-state index in [1.165, 1.54) is 13.1 Å². The van der Waals surface area contributed by atoms with Crippen molar-refractivity contribution < 1.29 is 9.53 Å². The zero-order chi connectivity index (χ0) is 9.84. The van der Waals surface area contributed by atoms with Crippen LogP contribution in [0.4, 0.5) is 0 Å². The molecule has 1 rings (SSSR count). The van der Waals surface area contributed by atoms with Crippen LogP contribution in [-0.2, 0) is 16.1 Å². The summed E-state index contributed by atoms with van der Waals surface area (Å²) in [6.07, 6.45) is 1.40. The van der Waals surface area contributed by atoms with Gasteiger partial charge in [0.25, 0.3) is 5.56 Å². The molecule has 0 saturated heterocycles. The van der Waals surface area contributed by atoms with Crippen molar-refractivity contribution in [2.45, 2.75) is 20.5 Å². The van der Waals surface area contributed by atoms with Crippen molar-refractivity contribution in [3.05, 3.63) is 27.9 Å². The lowest BCUT2D eigenvalue weighted by Gasteiger charge is -2.00. The summed E-state index contributed by atoms with van der Waals surface area (Å²) in [6.45, 7) is 2.94. The zero-order valence-electron chi connectivity index (χ0n) is 7.46. The van der Waals surface area contributed by atoms with E-state index in [1.807, 2.05) is 0 Å². The molecule has 0 saturated carbocycles. The third kappa shape index (κ3) is 2.70. The number of ether oxygens (including phenoxy) is 1. The van der Waals surface area contributed by atoms with Crippen LogP contribution < -0.4 is 5.56 Å². The highest BCUT2D eigenvalue weighted by molar-refractivity contribution is 5.65. The molecule has 0 bridgehead atoms. The maximum atomic E-state index is 11.2. The molecule has 0 aliphatic heterocycles. The van der Waals surface area contributed by atoms with E-state index in [1.54, 1.807) is 6.92 Å². The van der Waals surface area contributed by atoms with E-state index < -0.39 is 5.97 Å². The van der Waals surface area contributed by atoms with Gasteiger partial charge in [-0.2, -0.15) is 0 Å². The zero-order valence-corrected chi connectivity index (χ0v) is 7.46. The first-order valence-electron chi connectivity index (χ1n) is 3.78. The van der Waals surface area contributed by atoms with Gasteiger partial charge in [0.1, 0.15) is 12.4 Å². The van der Waals surface area contributed by atoms with Crippen molar-refractivity contribution in [1.29, 1.82) is 0 Å². The van der Waals surface area contributed by atoms with Crippen molar-refractivity contribution in [1.82, 2.24) is 9.97 Å². The fourth-order valence-corrected chi connectivity index (χ4v) is 0.792. The molecule has 1 heterocycles. The van der Waals surface area contributed by atoms with Crippen molar-refractivity contribution in [3.8, 4) is 0 Å². The Hall–Kier alpha value is -1.65. The fraction of sp³-hybridized carbons (Fsp3) is 0.375. The maximum Gasteiger partial charge on any atom is 0.302 e. The van der Waals surface area contributed by atoms with E-state index in [2.05, 4.69) is 14.7 Å². The highest BCUT2D eigenvalue weighted by Crippen LogP contribution is 1.92. The third-order valence-electron chi connectivity index (χ3n) is 1.43. The molecule has 1 aromatic rings. The average molecular weight is 182 g/mol. The predicted octanol–water partition coefficient (Wildman–Crippen LogP) is 0.141. The molecule has 0 spiro atoms. The molecule has 0 atom stereocenters. The van der Waals surface area contributed by atoms with Gasteiger partial charge in [-0.05, 0) is 6.92 Å². The molecule has 1 aromatic heterocycles. The normalized spacial score (nSPS) is 9.69. The molecule has 0 radical (unpaired) electrons. The van der Waals surface area contributed by atoms with Crippen LogP contribution in [0, 0.1) is 6.92 Å². The Morgan fingerprint density at radius 1 is 1.69 bits per heavy atom. The topological polar surface area (TPSA) is 72.0 Å². The van der Waals surface area contributed by atoms with Crippen LogP contribution in [0.15, 0.2) is 11.0 Å². The lowest BCUT2D eigenvalue weighted by Crippen LogP contribution is -2.16. The van der Waals surface area contributed by atoms with Gasteiger partial charge in [0.2, 0.25) is 0 Å². The van der Waals surface area contributed by atoms with Gasteiger partial charge in [0.15, 0.2) is 0 Å². The summed E-state index contributed by atoms with van der Waals surface area (Å²) >= 11 is 0. The van der Waals surface area contributed by atoms with Gasteiger partial charge in [0, 0.05) is 13.1 Å². The van der Waals surface area contributed by atoms with E-state index in [9.17, 15) is 9.59 Å².